The van der Waals surface area contributed by atoms with Crippen LogP contribution in [0, 0.1) is 0 Å². The Morgan fingerprint density at radius 3 is 2.84 bits per heavy atom. The maximum atomic E-state index is 12.2. The average molecular weight is 257 g/mol. The van der Waals surface area contributed by atoms with E-state index in [0.29, 0.717) is 5.92 Å². The fourth-order valence-electron chi connectivity index (χ4n) is 2.46. The molecule has 4 heteroatoms. The number of imidazole rings is 1. The van der Waals surface area contributed by atoms with Gasteiger partial charge in [-0.05, 0) is 45.0 Å². The predicted octanol–water partition coefficient (Wildman–Crippen LogP) is 2.24. The molecule has 19 heavy (non-hydrogen) atoms. The van der Waals surface area contributed by atoms with E-state index >= 15 is 0 Å². The fraction of sp³-hybridized carbons (Fsp3) is 0.467. The number of nitrogens with one attached hydrogen (secondary N) is 1. The Kier molecular flexibility index (Phi) is 2.90. The van der Waals surface area contributed by atoms with Gasteiger partial charge in [0.2, 0.25) is 0 Å². The van der Waals surface area contributed by atoms with E-state index in [-0.39, 0.29) is 11.8 Å². The minimum absolute atomic E-state index is 0.114. The highest BCUT2D eigenvalue weighted by Crippen LogP contribution is 2.40. The van der Waals surface area contributed by atoms with Crippen molar-refractivity contribution in [1.29, 1.82) is 0 Å². The van der Waals surface area contributed by atoms with Crippen molar-refractivity contribution in [3.05, 3.63) is 29.6 Å². The molecule has 4 nitrogen and oxygen atoms in total. The lowest BCUT2D eigenvalue weighted by atomic mass is 10.1. The van der Waals surface area contributed by atoms with Gasteiger partial charge in [0.05, 0.1) is 17.1 Å². The first-order valence-electron chi connectivity index (χ1n) is 6.79. The molecule has 0 saturated heterocycles. The number of aryl methyl sites for hydroxylation is 1. The Morgan fingerprint density at radius 1 is 1.47 bits per heavy atom. The molecule has 1 atom stereocenters. The quantitative estimate of drug-likeness (QED) is 0.854. The zero-order valence-corrected chi connectivity index (χ0v) is 11.6. The number of hydrogen-bond acceptors (Lipinski definition) is 3. The zero-order chi connectivity index (χ0) is 13.6. The predicted molar refractivity (Wildman–Crippen MR) is 75.5 cm³/mol. The lowest BCUT2D eigenvalue weighted by molar-refractivity contribution is 0.0955. The molecule has 0 aliphatic heterocycles. The van der Waals surface area contributed by atoms with Crippen molar-refractivity contribution in [3.8, 4) is 0 Å². The number of Topliss-reactive ketones (excluding diaryl/α,β-unsaturated/α-hetero) is 1. The number of hydrogen-bond donors (Lipinski definition) is 1. The average Bonchev–Trinajstić information content (AvgIpc) is 3.22. The molecule has 1 fully saturated rings. The number of nitrogens with zero attached hydrogens (tertiary/aromatic N) is 2. The number of benzene rings is 1. The first-order valence-corrected chi connectivity index (χ1v) is 6.79. The molecule has 2 aromatic rings. The molecule has 1 saturated carbocycles. The summed E-state index contributed by atoms with van der Waals surface area (Å²) in [5.41, 5.74) is 2.77. The zero-order valence-electron chi connectivity index (χ0n) is 11.6. The number of likely N-dealkylation sites (N-methyl/N-ethyl adjacent to an activating group) is 1. The van der Waals surface area contributed by atoms with E-state index in [2.05, 4.69) is 16.9 Å². The van der Waals surface area contributed by atoms with E-state index < -0.39 is 0 Å². The molecule has 0 bridgehead atoms. The van der Waals surface area contributed by atoms with Crippen molar-refractivity contribution in [1.82, 2.24) is 14.9 Å². The highest BCUT2D eigenvalue weighted by molar-refractivity contribution is 6.02. The van der Waals surface area contributed by atoms with Crippen LogP contribution in [0.25, 0.3) is 11.0 Å². The Morgan fingerprint density at radius 2 is 2.21 bits per heavy atom. The summed E-state index contributed by atoms with van der Waals surface area (Å²) in [5, 5.41) is 2.98. The van der Waals surface area contributed by atoms with E-state index in [4.69, 9.17) is 4.98 Å². The Balaban J connectivity index is 2.03. The molecule has 100 valence electrons. The second kappa shape index (κ2) is 4.46. The summed E-state index contributed by atoms with van der Waals surface area (Å²) < 4.78 is 2.16. The molecule has 0 radical (unpaired) electrons. The van der Waals surface area contributed by atoms with Gasteiger partial charge in [-0.15, -0.1) is 0 Å². The molecule has 0 spiro atoms. The summed E-state index contributed by atoms with van der Waals surface area (Å²) in [4.78, 5) is 16.9. The van der Waals surface area contributed by atoms with Crippen LogP contribution >= 0.6 is 0 Å². The highest BCUT2D eigenvalue weighted by Gasteiger charge is 2.28. The van der Waals surface area contributed by atoms with Gasteiger partial charge in [0.25, 0.3) is 0 Å². The molecular formula is C15H19N3O. The van der Waals surface area contributed by atoms with Crippen molar-refractivity contribution in [2.75, 3.05) is 7.05 Å². The first kappa shape index (κ1) is 12.4. The molecule has 1 aromatic heterocycles. The standard InChI is InChI=1S/C15H19N3O/c1-9(16-2)14(19)11-6-7-13-12(8-11)17-15(18(13)3)10-4-5-10/h6-10,16H,4-5H2,1-3H3. The van der Waals surface area contributed by atoms with Crippen LogP contribution < -0.4 is 5.32 Å². The number of rotatable bonds is 4. The van der Waals surface area contributed by atoms with Gasteiger partial charge in [0.1, 0.15) is 5.82 Å². The fourth-order valence-corrected chi connectivity index (χ4v) is 2.46. The summed E-state index contributed by atoms with van der Waals surface area (Å²) in [6, 6.07) is 5.65. The third kappa shape index (κ3) is 2.06. The van der Waals surface area contributed by atoms with Crippen molar-refractivity contribution in [3.63, 3.8) is 0 Å². The van der Waals surface area contributed by atoms with Gasteiger partial charge in [0.15, 0.2) is 5.78 Å². The van der Waals surface area contributed by atoms with Gasteiger partial charge in [-0.1, -0.05) is 0 Å². The van der Waals surface area contributed by atoms with Crippen molar-refractivity contribution < 1.29 is 4.79 Å². The van der Waals surface area contributed by atoms with Gasteiger partial charge in [0, 0.05) is 18.5 Å². The molecule has 1 unspecified atom stereocenters. The SMILES string of the molecule is CNC(C)C(=O)c1ccc2c(c1)nc(C1CC1)n2C. The number of carbonyl (C=O) groups is 1. The van der Waals surface area contributed by atoms with E-state index in [1.807, 2.05) is 25.1 Å². The van der Waals surface area contributed by atoms with E-state index in [1.54, 1.807) is 7.05 Å². The minimum Gasteiger partial charge on any atom is -0.331 e. The normalized spacial score (nSPS) is 16.8. The third-order valence-corrected chi connectivity index (χ3v) is 3.97. The summed E-state index contributed by atoms with van der Waals surface area (Å²) >= 11 is 0. The van der Waals surface area contributed by atoms with E-state index in [9.17, 15) is 4.79 Å². The van der Waals surface area contributed by atoms with Crippen molar-refractivity contribution in [2.24, 2.45) is 7.05 Å². The number of aromatic nitrogens is 2. The van der Waals surface area contributed by atoms with Crippen LogP contribution in [0.2, 0.25) is 0 Å². The Labute approximate surface area is 112 Å². The van der Waals surface area contributed by atoms with Gasteiger partial charge < -0.3 is 9.88 Å². The Hall–Kier alpha value is -1.68. The van der Waals surface area contributed by atoms with Crippen LogP contribution in [-0.4, -0.2) is 28.4 Å². The molecule has 1 heterocycles. The minimum atomic E-state index is -0.163. The van der Waals surface area contributed by atoms with Gasteiger partial charge in [-0.2, -0.15) is 0 Å². The topological polar surface area (TPSA) is 46.9 Å². The molecule has 1 aromatic carbocycles. The molecule has 3 rings (SSSR count). The lowest BCUT2D eigenvalue weighted by Gasteiger charge is -2.08. The number of ketones is 1. The van der Waals surface area contributed by atoms with Gasteiger partial charge >= 0.3 is 0 Å². The molecular weight excluding hydrogens is 238 g/mol. The van der Waals surface area contributed by atoms with Crippen LogP contribution in [0.4, 0.5) is 0 Å². The Bertz CT molecular complexity index is 640. The van der Waals surface area contributed by atoms with Gasteiger partial charge in [-0.3, -0.25) is 4.79 Å². The smallest absolute Gasteiger partial charge is 0.179 e. The molecule has 1 N–H and O–H groups in total. The van der Waals surface area contributed by atoms with Crippen LogP contribution in [0.5, 0.6) is 0 Å². The summed E-state index contributed by atoms with van der Waals surface area (Å²) in [6.07, 6.45) is 2.47. The maximum absolute atomic E-state index is 12.2. The monoisotopic (exact) mass is 257 g/mol. The second-order valence-corrected chi connectivity index (χ2v) is 5.38. The largest absolute Gasteiger partial charge is 0.331 e. The van der Waals surface area contributed by atoms with E-state index in [0.717, 1.165) is 22.4 Å². The maximum Gasteiger partial charge on any atom is 0.179 e. The van der Waals surface area contributed by atoms with E-state index in [1.165, 1.54) is 12.8 Å². The summed E-state index contributed by atoms with van der Waals surface area (Å²) in [5.74, 6) is 1.89. The molecule has 1 aliphatic carbocycles. The second-order valence-electron chi connectivity index (χ2n) is 5.38. The van der Waals surface area contributed by atoms with Crippen LogP contribution in [0.3, 0.4) is 0 Å². The van der Waals surface area contributed by atoms with Gasteiger partial charge in [-0.25, -0.2) is 4.98 Å². The van der Waals surface area contributed by atoms with Crippen LogP contribution in [-0.2, 0) is 7.05 Å². The lowest BCUT2D eigenvalue weighted by Crippen LogP contribution is -2.30. The third-order valence-electron chi connectivity index (χ3n) is 3.97. The summed E-state index contributed by atoms with van der Waals surface area (Å²) in [7, 11) is 3.85. The summed E-state index contributed by atoms with van der Waals surface area (Å²) in [6.45, 7) is 1.88. The molecule has 1 aliphatic rings. The molecule has 0 amide bonds. The van der Waals surface area contributed by atoms with Crippen LogP contribution in [0.1, 0.15) is 41.9 Å². The number of fused-ring (bicyclic) bond motifs is 1. The number of carbonyl (C=O) groups excluding carboxylic acids is 1. The van der Waals surface area contributed by atoms with Crippen LogP contribution in [0.15, 0.2) is 18.2 Å². The first-order chi connectivity index (χ1) is 9.11. The highest BCUT2D eigenvalue weighted by atomic mass is 16.1. The van der Waals surface area contributed by atoms with Crippen molar-refractivity contribution >= 4 is 16.8 Å². The van der Waals surface area contributed by atoms with Crippen molar-refractivity contribution in [2.45, 2.75) is 31.7 Å².